The first-order chi connectivity index (χ1) is 18.2. The van der Waals surface area contributed by atoms with Crippen LogP contribution >= 0.6 is 0 Å². The Bertz CT molecular complexity index is 890. The van der Waals surface area contributed by atoms with Crippen molar-refractivity contribution in [2.45, 2.75) is 71.9 Å². The number of carbonyl (C=O) groups excluding carboxylic acids is 4. The largest absolute Gasteiger partial charge is 0.513 e. The lowest BCUT2D eigenvalue weighted by Crippen LogP contribution is -2.41. The summed E-state index contributed by atoms with van der Waals surface area (Å²) in [5, 5.41) is 2.97. The molecular formula is C26H39NO11. The summed E-state index contributed by atoms with van der Waals surface area (Å²) in [6.07, 6.45) is -0.0555. The molecule has 1 aromatic rings. The summed E-state index contributed by atoms with van der Waals surface area (Å²) < 4.78 is 35.3. The van der Waals surface area contributed by atoms with Gasteiger partial charge in [-0.15, -0.1) is 0 Å². The Kier molecular flexibility index (Phi) is 16.0. The van der Waals surface area contributed by atoms with Crippen LogP contribution in [0.4, 0.5) is 14.4 Å². The molecule has 1 unspecified atom stereocenters. The van der Waals surface area contributed by atoms with Gasteiger partial charge in [0.2, 0.25) is 0 Å². The van der Waals surface area contributed by atoms with Crippen molar-refractivity contribution < 1.29 is 52.3 Å². The highest BCUT2D eigenvalue weighted by Crippen LogP contribution is 2.30. The normalized spacial score (nSPS) is 12.0. The zero-order valence-electron chi connectivity index (χ0n) is 22.7. The Morgan fingerprint density at radius 2 is 1.42 bits per heavy atom. The van der Waals surface area contributed by atoms with Gasteiger partial charge in [-0.3, -0.25) is 4.79 Å². The third-order valence-electron chi connectivity index (χ3n) is 4.87. The minimum atomic E-state index is -0.976. The Balaban J connectivity index is 2.89. The van der Waals surface area contributed by atoms with Crippen LogP contribution in [0.1, 0.15) is 58.9 Å². The quantitative estimate of drug-likeness (QED) is 0.136. The first-order valence-corrected chi connectivity index (χ1v) is 12.7. The van der Waals surface area contributed by atoms with E-state index in [0.29, 0.717) is 18.4 Å². The molecule has 2 atom stereocenters. The third kappa shape index (κ3) is 13.1. The average molecular weight is 542 g/mol. The van der Waals surface area contributed by atoms with Crippen LogP contribution in [-0.2, 0) is 34.9 Å². The summed E-state index contributed by atoms with van der Waals surface area (Å²) >= 11 is 0. The predicted molar refractivity (Wildman–Crippen MR) is 135 cm³/mol. The summed E-state index contributed by atoms with van der Waals surface area (Å²) in [7, 11) is 1.25. The number of benzene rings is 1. The van der Waals surface area contributed by atoms with Gasteiger partial charge in [-0.05, 0) is 50.3 Å². The van der Waals surface area contributed by atoms with Crippen LogP contribution in [0.2, 0.25) is 0 Å². The van der Waals surface area contributed by atoms with Gasteiger partial charge in [-0.25, -0.2) is 14.4 Å². The Labute approximate surface area is 223 Å². The summed E-state index contributed by atoms with van der Waals surface area (Å²) in [4.78, 5) is 48.1. The maximum absolute atomic E-state index is 12.3. The van der Waals surface area contributed by atoms with Crippen LogP contribution in [0.5, 0.6) is 11.5 Å². The fraction of sp³-hybridized carbons (Fsp3) is 0.615. The number of nitrogens with one attached hydrogen (secondary N) is 1. The van der Waals surface area contributed by atoms with Crippen LogP contribution in [0.3, 0.4) is 0 Å². The van der Waals surface area contributed by atoms with E-state index in [4.69, 9.17) is 33.2 Å². The molecule has 0 aliphatic carbocycles. The van der Waals surface area contributed by atoms with Gasteiger partial charge in [-0.1, -0.05) is 33.3 Å². The van der Waals surface area contributed by atoms with Gasteiger partial charge in [0.25, 0.3) is 0 Å². The maximum atomic E-state index is 12.3. The first kappa shape index (κ1) is 32.5. The maximum Gasteiger partial charge on any atom is 0.513 e. The fourth-order valence-electron chi connectivity index (χ4n) is 3.10. The van der Waals surface area contributed by atoms with Gasteiger partial charge in [0, 0.05) is 6.54 Å². The van der Waals surface area contributed by atoms with Crippen molar-refractivity contribution in [3.05, 3.63) is 23.8 Å². The van der Waals surface area contributed by atoms with Crippen LogP contribution in [0.25, 0.3) is 0 Å². The van der Waals surface area contributed by atoms with Crippen molar-refractivity contribution in [2.24, 2.45) is 0 Å². The molecule has 1 aromatic carbocycles. The molecule has 0 aliphatic heterocycles. The Morgan fingerprint density at radius 3 is 2.00 bits per heavy atom. The molecule has 38 heavy (non-hydrogen) atoms. The van der Waals surface area contributed by atoms with E-state index in [1.165, 1.54) is 19.2 Å². The molecule has 12 heteroatoms. The van der Waals surface area contributed by atoms with Crippen LogP contribution in [0, 0.1) is 0 Å². The van der Waals surface area contributed by atoms with Gasteiger partial charge in [-0.2, -0.15) is 0 Å². The number of carbonyl (C=O) groups is 4. The smallest absolute Gasteiger partial charge is 0.468 e. The summed E-state index contributed by atoms with van der Waals surface area (Å²) in [5.74, 6) is -0.708. The molecule has 0 heterocycles. The number of methoxy groups -OCH3 is 1. The van der Waals surface area contributed by atoms with Gasteiger partial charge < -0.3 is 38.5 Å². The van der Waals surface area contributed by atoms with E-state index in [0.717, 1.165) is 12.8 Å². The SMILES string of the molecule is CCCOC(=O)Oc1ccc(C[C@H](NCCOC(=O)OC(C)CCC)C(=O)OC)cc1OC(=O)OCCC. The van der Waals surface area contributed by atoms with Gasteiger partial charge in [0.1, 0.15) is 18.8 Å². The second kappa shape index (κ2) is 18.7. The molecule has 0 spiro atoms. The van der Waals surface area contributed by atoms with Crippen molar-refractivity contribution in [3.8, 4) is 11.5 Å². The van der Waals surface area contributed by atoms with E-state index >= 15 is 0 Å². The van der Waals surface area contributed by atoms with Crippen LogP contribution in [0.15, 0.2) is 18.2 Å². The zero-order valence-corrected chi connectivity index (χ0v) is 22.7. The Hall–Kier alpha value is -3.54. The van der Waals surface area contributed by atoms with Crippen molar-refractivity contribution in [2.75, 3.05) is 33.5 Å². The molecule has 0 aromatic heterocycles. The number of hydrogen-bond donors (Lipinski definition) is 1. The average Bonchev–Trinajstić information content (AvgIpc) is 2.88. The van der Waals surface area contributed by atoms with Gasteiger partial charge in [0.15, 0.2) is 11.5 Å². The molecular weight excluding hydrogens is 502 g/mol. The van der Waals surface area contributed by atoms with Crippen molar-refractivity contribution in [1.82, 2.24) is 5.32 Å². The standard InChI is InChI=1S/C26H39NO11/c1-6-9-18(4)36-24(29)35-15-12-27-20(23(28)32-5)16-19-10-11-21(37-25(30)33-13-7-2)22(17-19)38-26(31)34-14-8-3/h10-11,17-18,20,27H,6-9,12-16H2,1-5H3/t18?,20-/m0/s1. The molecule has 0 saturated heterocycles. The predicted octanol–water partition coefficient (Wildman–Crippen LogP) is 4.55. The lowest BCUT2D eigenvalue weighted by Gasteiger charge is -2.18. The number of esters is 1. The molecule has 0 amide bonds. The van der Waals surface area contributed by atoms with Crippen molar-refractivity contribution in [1.29, 1.82) is 0 Å². The summed E-state index contributed by atoms with van der Waals surface area (Å²) in [5.41, 5.74) is 0.550. The molecule has 0 fully saturated rings. The highest BCUT2D eigenvalue weighted by Gasteiger charge is 2.22. The number of hydrogen-bond acceptors (Lipinski definition) is 12. The third-order valence-corrected chi connectivity index (χ3v) is 4.87. The summed E-state index contributed by atoms with van der Waals surface area (Å²) in [6.45, 7) is 7.85. The fourth-order valence-corrected chi connectivity index (χ4v) is 3.10. The van der Waals surface area contributed by atoms with E-state index in [9.17, 15) is 19.2 Å². The van der Waals surface area contributed by atoms with E-state index in [-0.39, 0.29) is 50.4 Å². The minimum Gasteiger partial charge on any atom is -0.468 e. The molecule has 0 aliphatic rings. The second-order valence-electron chi connectivity index (χ2n) is 8.23. The highest BCUT2D eigenvalue weighted by molar-refractivity contribution is 5.76. The van der Waals surface area contributed by atoms with Crippen LogP contribution < -0.4 is 14.8 Å². The zero-order chi connectivity index (χ0) is 28.3. The number of rotatable bonds is 16. The lowest BCUT2D eigenvalue weighted by atomic mass is 10.1. The molecule has 1 N–H and O–H groups in total. The molecule has 0 radical (unpaired) electrons. The minimum absolute atomic E-state index is 0.0323. The molecule has 214 valence electrons. The highest BCUT2D eigenvalue weighted by atomic mass is 16.7. The van der Waals surface area contributed by atoms with Gasteiger partial charge in [0.05, 0.1) is 20.3 Å². The van der Waals surface area contributed by atoms with E-state index in [1.807, 2.05) is 20.8 Å². The lowest BCUT2D eigenvalue weighted by molar-refractivity contribution is -0.143. The number of ether oxygens (including phenoxy) is 7. The topological polar surface area (TPSA) is 145 Å². The molecule has 1 rings (SSSR count). The van der Waals surface area contributed by atoms with Crippen molar-refractivity contribution >= 4 is 24.4 Å². The summed E-state index contributed by atoms with van der Waals surface area (Å²) in [6, 6.07) is 3.62. The molecule has 12 nitrogen and oxygen atoms in total. The van der Waals surface area contributed by atoms with Gasteiger partial charge >= 0.3 is 24.4 Å². The van der Waals surface area contributed by atoms with E-state index in [1.54, 1.807) is 13.0 Å². The van der Waals surface area contributed by atoms with E-state index < -0.39 is 30.5 Å². The second-order valence-corrected chi connectivity index (χ2v) is 8.23. The first-order valence-electron chi connectivity index (χ1n) is 12.7. The molecule has 0 bridgehead atoms. The molecule has 0 saturated carbocycles. The van der Waals surface area contributed by atoms with Crippen LogP contribution in [-0.4, -0.2) is 70.1 Å². The van der Waals surface area contributed by atoms with Crippen molar-refractivity contribution in [3.63, 3.8) is 0 Å². The van der Waals surface area contributed by atoms with E-state index in [2.05, 4.69) is 5.32 Å². The Morgan fingerprint density at radius 1 is 0.816 bits per heavy atom. The monoisotopic (exact) mass is 541 g/mol.